The summed E-state index contributed by atoms with van der Waals surface area (Å²) < 4.78 is 19.6. The predicted molar refractivity (Wildman–Crippen MR) is 154 cm³/mol. The molecular weight excluding hydrogens is 519 g/mol. The largest absolute Gasteiger partial charge is 0.492 e. The van der Waals surface area contributed by atoms with E-state index in [0.29, 0.717) is 25.0 Å². The molecule has 8 nitrogen and oxygen atoms in total. The van der Waals surface area contributed by atoms with Crippen LogP contribution in [0.5, 0.6) is 5.75 Å². The number of nitrogens with zero attached hydrogens (tertiary/aromatic N) is 6. The van der Waals surface area contributed by atoms with Crippen molar-refractivity contribution in [1.29, 1.82) is 0 Å². The normalized spacial score (nSPS) is 19.6. The number of hydrogen-bond donors (Lipinski definition) is 1. The third-order valence-corrected chi connectivity index (χ3v) is 7.83. The van der Waals surface area contributed by atoms with Crippen LogP contribution < -0.4 is 19.4 Å². The van der Waals surface area contributed by atoms with Gasteiger partial charge in [-0.1, -0.05) is 11.6 Å². The SMILES string of the molecule is Cc1cc(OCCCO)cnc1N1CCN(c2cc(-c3ccc(F)c(Cl)c3)nc(N3CCCC3C)n2)C(C)C1. The highest BCUT2D eigenvalue weighted by Crippen LogP contribution is 2.32. The fourth-order valence-corrected chi connectivity index (χ4v) is 5.61. The first-order valence-corrected chi connectivity index (χ1v) is 14.0. The van der Waals surface area contributed by atoms with Gasteiger partial charge < -0.3 is 24.5 Å². The molecule has 0 bridgehead atoms. The topological polar surface area (TPSA) is 77.9 Å². The van der Waals surface area contributed by atoms with E-state index in [1.807, 2.05) is 19.1 Å². The number of aromatic nitrogens is 3. The maximum atomic E-state index is 13.9. The van der Waals surface area contributed by atoms with Gasteiger partial charge in [-0.15, -0.1) is 0 Å². The van der Waals surface area contributed by atoms with E-state index in [0.717, 1.165) is 73.2 Å². The minimum Gasteiger partial charge on any atom is -0.492 e. The molecule has 4 heterocycles. The number of hydrogen-bond acceptors (Lipinski definition) is 8. The Labute approximate surface area is 234 Å². The molecular formula is C29H36ClFN6O2. The van der Waals surface area contributed by atoms with Crippen LogP contribution in [0, 0.1) is 12.7 Å². The molecule has 5 rings (SSSR count). The van der Waals surface area contributed by atoms with Gasteiger partial charge in [-0.3, -0.25) is 0 Å². The number of rotatable bonds is 8. The van der Waals surface area contributed by atoms with Crippen molar-refractivity contribution in [2.45, 2.75) is 52.1 Å². The highest BCUT2D eigenvalue weighted by Gasteiger charge is 2.29. The molecule has 2 aliphatic heterocycles. The summed E-state index contributed by atoms with van der Waals surface area (Å²) in [7, 11) is 0. The Hall–Kier alpha value is -3.17. The molecule has 2 saturated heterocycles. The smallest absolute Gasteiger partial charge is 0.228 e. The molecule has 2 aromatic heterocycles. The lowest BCUT2D eigenvalue weighted by Crippen LogP contribution is -2.53. The molecule has 2 fully saturated rings. The minimum atomic E-state index is -0.443. The number of ether oxygens (including phenoxy) is 1. The van der Waals surface area contributed by atoms with Gasteiger partial charge >= 0.3 is 0 Å². The molecule has 39 heavy (non-hydrogen) atoms. The van der Waals surface area contributed by atoms with Crippen LogP contribution in [0.2, 0.25) is 5.02 Å². The standard InChI is InChI=1S/C29H36ClFN6O2/c1-19-14-23(39-13-5-12-38)17-32-28(19)35-10-11-36(21(3)18-35)27-16-26(22-7-8-25(31)24(30)15-22)33-29(34-27)37-9-4-6-20(37)2/h7-8,14-17,20-21,38H,4-6,9-13,18H2,1-3H3. The number of pyridine rings is 1. The van der Waals surface area contributed by atoms with Gasteiger partial charge in [-0.25, -0.2) is 14.4 Å². The zero-order chi connectivity index (χ0) is 27.5. The van der Waals surface area contributed by atoms with Gasteiger partial charge in [0.05, 0.1) is 23.5 Å². The molecule has 208 valence electrons. The number of aliphatic hydroxyl groups is 1. The highest BCUT2D eigenvalue weighted by molar-refractivity contribution is 6.31. The Kier molecular flexibility index (Phi) is 8.37. The second-order valence-electron chi connectivity index (χ2n) is 10.5. The lowest BCUT2D eigenvalue weighted by molar-refractivity contribution is 0.233. The lowest BCUT2D eigenvalue weighted by Gasteiger charge is -2.41. The molecule has 0 amide bonds. The van der Waals surface area contributed by atoms with Crippen LogP contribution in [-0.4, -0.2) is 71.5 Å². The van der Waals surface area contributed by atoms with Gasteiger partial charge in [0.25, 0.3) is 0 Å². The van der Waals surface area contributed by atoms with Gasteiger partial charge in [0, 0.05) is 62.9 Å². The second-order valence-corrected chi connectivity index (χ2v) is 10.9. The lowest BCUT2D eigenvalue weighted by atomic mass is 10.1. The van der Waals surface area contributed by atoms with Crippen LogP contribution in [0.4, 0.5) is 22.0 Å². The van der Waals surface area contributed by atoms with E-state index in [-0.39, 0.29) is 17.7 Å². The number of anilines is 3. The molecule has 1 N–H and O–H groups in total. The number of piperazine rings is 1. The summed E-state index contributed by atoms with van der Waals surface area (Å²) in [6.07, 6.45) is 4.57. The third-order valence-electron chi connectivity index (χ3n) is 7.54. The molecule has 10 heteroatoms. The van der Waals surface area contributed by atoms with E-state index in [2.05, 4.69) is 28.5 Å². The first kappa shape index (κ1) is 27.4. The van der Waals surface area contributed by atoms with Crippen LogP contribution >= 0.6 is 11.6 Å². The second kappa shape index (κ2) is 11.9. The molecule has 2 unspecified atom stereocenters. The maximum Gasteiger partial charge on any atom is 0.228 e. The van der Waals surface area contributed by atoms with Crippen molar-refractivity contribution in [2.24, 2.45) is 0 Å². The van der Waals surface area contributed by atoms with Gasteiger partial charge in [-0.05, 0) is 63.4 Å². The van der Waals surface area contributed by atoms with E-state index in [4.69, 9.17) is 36.4 Å². The average Bonchev–Trinajstić information content (AvgIpc) is 3.36. The molecule has 2 aliphatic rings. The van der Waals surface area contributed by atoms with E-state index >= 15 is 0 Å². The van der Waals surface area contributed by atoms with Crippen molar-refractivity contribution in [3.05, 3.63) is 52.9 Å². The monoisotopic (exact) mass is 554 g/mol. The fourth-order valence-electron chi connectivity index (χ4n) is 5.43. The molecule has 2 atom stereocenters. The van der Waals surface area contributed by atoms with Gasteiger partial charge in [0.2, 0.25) is 5.95 Å². The molecule has 0 radical (unpaired) electrons. The van der Waals surface area contributed by atoms with Gasteiger partial charge in [0.15, 0.2) is 0 Å². The number of halogens is 2. The first-order valence-electron chi connectivity index (χ1n) is 13.7. The number of aryl methyl sites for hydroxylation is 1. The van der Waals surface area contributed by atoms with Gasteiger partial charge in [0.1, 0.15) is 23.2 Å². The van der Waals surface area contributed by atoms with Crippen molar-refractivity contribution < 1.29 is 14.2 Å². The predicted octanol–water partition coefficient (Wildman–Crippen LogP) is 5.10. The summed E-state index contributed by atoms with van der Waals surface area (Å²) in [5, 5.41) is 9.06. The van der Waals surface area contributed by atoms with Crippen LogP contribution in [0.25, 0.3) is 11.3 Å². The summed E-state index contributed by atoms with van der Waals surface area (Å²) in [6.45, 7) is 10.3. The number of aliphatic hydroxyl groups excluding tert-OH is 1. The minimum absolute atomic E-state index is 0.0819. The molecule has 0 spiro atoms. The van der Waals surface area contributed by atoms with Crippen LogP contribution in [0.15, 0.2) is 36.5 Å². The van der Waals surface area contributed by atoms with Crippen molar-refractivity contribution >= 4 is 29.2 Å². The van der Waals surface area contributed by atoms with Crippen LogP contribution in [0.3, 0.4) is 0 Å². The van der Waals surface area contributed by atoms with E-state index in [1.54, 1.807) is 18.3 Å². The van der Waals surface area contributed by atoms with Crippen molar-refractivity contribution in [1.82, 2.24) is 15.0 Å². The Balaban J connectivity index is 1.39. The Morgan fingerprint density at radius 1 is 1.08 bits per heavy atom. The summed E-state index contributed by atoms with van der Waals surface area (Å²) in [5.74, 6) is 2.79. The quantitative estimate of drug-likeness (QED) is 0.385. The third kappa shape index (κ3) is 6.04. The Morgan fingerprint density at radius 3 is 2.62 bits per heavy atom. The molecule has 1 aromatic carbocycles. The number of benzene rings is 1. The highest BCUT2D eigenvalue weighted by atomic mass is 35.5. The zero-order valence-electron chi connectivity index (χ0n) is 22.8. The van der Waals surface area contributed by atoms with Crippen LogP contribution in [-0.2, 0) is 0 Å². The van der Waals surface area contributed by atoms with Crippen LogP contribution in [0.1, 0.15) is 38.7 Å². The van der Waals surface area contributed by atoms with Crippen molar-refractivity contribution in [2.75, 3.05) is 54.1 Å². The zero-order valence-corrected chi connectivity index (χ0v) is 23.5. The van der Waals surface area contributed by atoms with Crippen molar-refractivity contribution in [3.63, 3.8) is 0 Å². The fraction of sp³-hybridized carbons (Fsp3) is 0.483. The first-order chi connectivity index (χ1) is 18.8. The summed E-state index contributed by atoms with van der Waals surface area (Å²) in [6, 6.07) is 9.27. The van der Waals surface area contributed by atoms with E-state index in [1.165, 1.54) is 6.07 Å². The Bertz CT molecular complexity index is 1310. The van der Waals surface area contributed by atoms with Gasteiger partial charge in [-0.2, -0.15) is 4.98 Å². The summed E-state index contributed by atoms with van der Waals surface area (Å²) >= 11 is 6.13. The Morgan fingerprint density at radius 2 is 1.92 bits per heavy atom. The molecule has 0 aliphatic carbocycles. The van der Waals surface area contributed by atoms with E-state index < -0.39 is 5.82 Å². The summed E-state index contributed by atoms with van der Waals surface area (Å²) in [5.41, 5.74) is 2.56. The molecule has 3 aromatic rings. The van der Waals surface area contributed by atoms with E-state index in [9.17, 15) is 4.39 Å². The maximum absolute atomic E-state index is 13.9. The summed E-state index contributed by atoms with van der Waals surface area (Å²) in [4.78, 5) is 21.5. The molecule has 0 saturated carbocycles. The van der Waals surface area contributed by atoms with Crippen molar-refractivity contribution in [3.8, 4) is 17.0 Å². The average molecular weight is 555 g/mol.